The van der Waals surface area contributed by atoms with Gasteiger partial charge in [0.2, 0.25) is 10.0 Å². The number of carbonyl (C=O) groups excluding carboxylic acids is 1. The number of hydrogen-bond donors (Lipinski definition) is 1. The van der Waals surface area contributed by atoms with Crippen LogP contribution in [0.4, 0.5) is 11.4 Å². The predicted octanol–water partition coefficient (Wildman–Crippen LogP) is 5.02. The van der Waals surface area contributed by atoms with Gasteiger partial charge in [-0.25, -0.2) is 8.42 Å². The summed E-state index contributed by atoms with van der Waals surface area (Å²) < 4.78 is 27.3. The summed E-state index contributed by atoms with van der Waals surface area (Å²) in [7, 11) is -3.65. The standard InChI is InChI=1S/C22H25Cl2N3O3S/c23-16-6-9-21(26-10-2-1-3-11-26)20(14-16)25-22(28)18-15-17(7-8-19(18)24)31(29,30)27-12-4-5-13-27/h6-9,14-15H,1-5,10-13H2,(H,25,28). The highest BCUT2D eigenvalue weighted by atomic mass is 35.5. The Morgan fingerprint density at radius 1 is 0.871 bits per heavy atom. The van der Waals surface area contributed by atoms with Gasteiger partial charge in [-0.05, 0) is 68.5 Å². The van der Waals surface area contributed by atoms with Crippen LogP contribution in [0.5, 0.6) is 0 Å². The Morgan fingerprint density at radius 3 is 2.26 bits per heavy atom. The fourth-order valence-electron chi connectivity index (χ4n) is 4.12. The van der Waals surface area contributed by atoms with Crippen LogP contribution in [0.25, 0.3) is 0 Å². The Bertz CT molecular complexity index is 1080. The van der Waals surface area contributed by atoms with Gasteiger partial charge >= 0.3 is 0 Å². The molecule has 0 unspecified atom stereocenters. The zero-order valence-electron chi connectivity index (χ0n) is 17.1. The van der Waals surface area contributed by atoms with E-state index in [9.17, 15) is 13.2 Å². The average molecular weight is 482 g/mol. The molecule has 0 radical (unpaired) electrons. The Hall–Kier alpha value is -1.80. The lowest BCUT2D eigenvalue weighted by atomic mass is 10.1. The van der Waals surface area contributed by atoms with Crippen LogP contribution in [0.15, 0.2) is 41.3 Å². The van der Waals surface area contributed by atoms with E-state index in [1.165, 1.54) is 28.9 Å². The normalized spacial score (nSPS) is 17.7. The molecule has 166 valence electrons. The van der Waals surface area contributed by atoms with E-state index in [0.29, 0.717) is 23.8 Å². The summed E-state index contributed by atoms with van der Waals surface area (Å²) in [5.41, 5.74) is 1.60. The maximum atomic E-state index is 13.1. The number of hydrogen-bond acceptors (Lipinski definition) is 4. The number of rotatable bonds is 5. The number of anilines is 2. The van der Waals surface area contributed by atoms with Crippen molar-refractivity contribution in [1.29, 1.82) is 0 Å². The van der Waals surface area contributed by atoms with Gasteiger partial charge in [0.1, 0.15) is 0 Å². The molecule has 0 aromatic heterocycles. The molecule has 2 fully saturated rings. The van der Waals surface area contributed by atoms with E-state index in [1.54, 1.807) is 12.1 Å². The molecule has 9 heteroatoms. The van der Waals surface area contributed by atoms with Gasteiger partial charge in [-0.15, -0.1) is 0 Å². The van der Waals surface area contributed by atoms with Crippen LogP contribution in [0, 0.1) is 0 Å². The maximum absolute atomic E-state index is 13.1. The van der Waals surface area contributed by atoms with E-state index in [2.05, 4.69) is 10.2 Å². The summed E-state index contributed by atoms with van der Waals surface area (Å²) >= 11 is 12.5. The van der Waals surface area contributed by atoms with Crippen LogP contribution >= 0.6 is 23.2 Å². The largest absolute Gasteiger partial charge is 0.370 e. The highest BCUT2D eigenvalue weighted by molar-refractivity contribution is 7.89. The third kappa shape index (κ3) is 4.85. The fraction of sp³-hybridized carbons (Fsp3) is 0.409. The first kappa shape index (κ1) is 22.4. The van der Waals surface area contributed by atoms with Gasteiger partial charge in [-0.2, -0.15) is 4.31 Å². The van der Waals surface area contributed by atoms with Crippen molar-refractivity contribution < 1.29 is 13.2 Å². The van der Waals surface area contributed by atoms with Crippen LogP contribution in [0.3, 0.4) is 0 Å². The minimum Gasteiger partial charge on any atom is -0.370 e. The monoisotopic (exact) mass is 481 g/mol. The van der Waals surface area contributed by atoms with Crippen molar-refractivity contribution in [2.45, 2.75) is 37.0 Å². The van der Waals surface area contributed by atoms with Crippen molar-refractivity contribution in [3.8, 4) is 0 Å². The Balaban J connectivity index is 1.63. The summed E-state index contributed by atoms with van der Waals surface area (Å²) in [4.78, 5) is 15.4. The lowest BCUT2D eigenvalue weighted by Gasteiger charge is -2.30. The van der Waals surface area contributed by atoms with E-state index < -0.39 is 15.9 Å². The predicted molar refractivity (Wildman–Crippen MR) is 125 cm³/mol. The molecule has 31 heavy (non-hydrogen) atoms. The van der Waals surface area contributed by atoms with Gasteiger partial charge in [0.25, 0.3) is 5.91 Å². The summed E-state index contributed by atoms with van der Waals surface area (Å²) in [5, 5.41) is 3.60. The molecule has 0 spiro atoms. The van der Waals surface area contributed by atoms with Crippen LogP contribution < -0.4 is 10.2 Å². The molecule has 4 rings (SSSR count). The number of benzene rings is 2. The van der Waals surface area contributed by atoms with Crippen molar-refractivity contribution in [1.82, 2.24) is 4.31 Å². The number of sulfonamides is 1. The average Bonchev–Trinajstić information content (AvgIpc) is 3.30. The molecule has 0 bridgehead atoms. The van der Waals surface area contributed by atoms with Crippen molar-refractivity contribution in [3.05, 3.63) is 52.0 Å². The summed E-state index contributed by atoms with van der Waals surface area (Å²) in [5.74, 6) is -0.469. The minimum atomic E-state index is -3.65. The van der Waals surface area contributed by atoms with Crippen molar-refractivity contribution in [3.63, 3.8) is 0 Å². The number of nitrogens with zero attached hydrogens (tertiary/aromatic N) is 2. The first-order valence-electron chi connectivity index (χ1n) is 10.5. The van der Waals surface area contributed by atoms with Crippen LogP contribution in [0.2, 0.25) is 10.0 Å². The molecule has 1 N–H and O–H groups in total. The molecule has 2 saturated heterocycles. The summed E-state index contributed by atoms with van der Waals surface area (Å²) in [6, 6.07) is 9.68. The second-order valence-electron chi connectivity index (χ2n) is 7.92. The van der Waals surface area contributed by atoms with Crippen molar-refractivity contribution in [2.24, 2.45) is 0 Å². The third-order valence-corrected chi connectivity index (χ3v) is 8.25. The smallest absolute Gasteiger partial charge is 0.257 e. The molecule has 6 nitrogen and oxygen atoms in total. The molecule has 2 aliphatic rings. The molecule has 2 aliphatic heterocycles. The van der Waals surface area contributed by atoms with Gasteiger partial charge in [0.05, 0.1) is 26.9 Å². The number of nitrogens with one attached hydrogen (secondary N) is 1. The topological polar surface area (TPSA) is 69.7 Å². The molecular weight excluding hydrogens is 457 g/mol. The molecule has 2 heterocycles. The zero-order valence-corrected chi connectivity index (χ0v) is 19.4. The maximum Gasteiger partial charge on any atom is 0.257 e. The lowest BCUT2D eigenvalue weighted by Crippen LogP contribution is -2.30. The second kappa shape index (κ2) is 9.36. The van der Waals surface area contributed by atoms with E-state index in [-0.39, 0.29) is 15.5 Å². The number of halogens is 2. The third-order valence-electron chi connectivity index (χ3n) is 5.79. The van der Waals surface area contributed by atoms with Gasteiger partial charge in [-0.3, -0.25) is 4.79 Å². The van der Waals surface area contributed by atoms with E-state index in [0.717, 1.165) is 44.5 Å². The highest BCUT2D eigenvalue weighted by Gasteiger charge is 2.28. The Morgan fingerprint density at radius 2 is 1.55 bits per heavy atom. The minimum absolute atomic E-state index is 0.0753. The van der Waals surface area contributed by atoms with Crippen molar-refractivity contribution >= 4 is 50.5 Å². The molecule has 1 amide bonds. The number of carbonyl (C=O) groups is 1. The van der Waals surface area contributed by atoms with Crippen molar-refractivity contribution in [2.75, 3.05) is 36.4 Å². The molecule has 0 saturated carbocycles. The van der Waals surface area contributed by atoms with E-state index in [4.69, 9.17) is 23.2 Å². The van der Waals surface area contributed by atoms with E-state index in [1.807, 2.05) is 6.07 Å². The number of piperidine rings is 1. The summed E-state index contributed by atoms with van der Waals surface area (Å²) in [6.07, 6.45) is 5.07. The first-order chi connectivity index (χ1) is 14.9. The summed E-state index contributed by atoms with van der Waals surface area (Å²) in [6.45, 7) is 2.81. The van der Waals surface area contributed by atoms with Gasteiger partial charge < -0.3 is 10.2 Å². The SMILES string of the molecule is O=C(Nc1cc(Cl)ccc1N1CCCCC1)c1cc(S(=O)(=O)N2CCCC2)ccc1Cl. The zero-order chi connectivity index (χ0) is 22.0. The van der Waals surface area contributed by atoms with Crippen LogP contribution in [-0.2, 0) is 10.0 Å². The molecule has 2 aromatic carbocycles. The van der Waals surface area contributed by atoms with Crippen LogP contribution in [-0.4, -0.2) is 44.8 Å². The molecular formula is C22H25Cl2N3O3S. The quantitative estimate of drug-likeness (QED) is 0.650. The van der Waals surface area contributed by atoms with Gasteiger partial charge in [-0.1, -0.05) is 23.2 Å². The molecule has 0 atom stereocenters. The lowest BCUT2D eigenvalue weighted by molar-refractivity contribution is 0.102. The van der Waals surface area contributed by atoms with Gasteiger partial charge in [0.15, 0.2) is 0 Å². The van der Waals surface area contributed by atoms with Gasteiger partial charge in [0, 0.05) is 31.2 Å². The second-order valence-corrected chi connectivity index (χ2v) is 10.7. The Kier molecular flexibility index (Phi) is 6.77. The first-order valence-corrected chi connectivity index (χ1v) is 12.7. The fourth-order valence-corrected chi connectivity index (χ4v) is 6.04. The molecule has 2 aromatic rings. The number of amides is 1. The Labute approximate surface area is 193 Å². The van der Waals surface area contributed by atoms with E-state index >= 15 is 0 Å². The van der Waals surface area contributed by atoms with Crippen LogP contribution in [0.1, 0.15) is 42.5 Å². The highest BCUT2D eigenvalue weighted by Crippen LogP contribution is 2.32. The molecule has 0 aliphatic carbocycles.